The number of hydrogen-bond donors (Lipinski definition) is 2. The fourth-order valence-electron chi connectivity index (χ4n) is 4.52. The summed E-state index contributed by atoms with van der Waals surface area (Å²) < 4.78 is 5.62. The van der Waals surface area contributed by atoms with Gasteiger partial charge in [-0.2, -0.15) is 0 Å². The normalized spacial score (nSPS) is 13.0. The van der Waals surface area contributed by atoms with Gasteiger partial charge >= 0.3 is 12.1 Å². The largest absolute Gasteiger partial charge is 0.481 e. The number of carbonyl (C=O) groups is 3. The highest BCUT2D eigenvalue weighted by Gasteiger charge is 2.29. The third kappa shape index (κ3) is 6.37. The van der Waals surface area contributed by atoms with Crippen molar-refractivity contribution in [2.45, 2.75) is 57.9 Å². The van der Waals surface area contributed by atoms with Crippen molar-refractivity contribution in [2.24, 2.45) is 0 Å². The lowest BCUT2D eigenvalue weighted by Crippen LogP contribution is -2.37. The summed E-state index contributed by atoms with van der Waals surface area (Å²) in [6.07, 6.45) is 1.49. The van der Waals surface area contributed by atoms with Crippen molar-refractivity contribution in [3.8, 4) is 11.1 Å². The summed E-state index contributed by atoms with van der Waals surface area (Å²) in [6, 6.07) is 16.2. The van der Waals surface area contributed by atoms with Gasteiger partial charge in [-0.3, -0.25) is 9.59 Å². The molecule has 0 spiro atoms. The summed E-state index contributed by atoms with van der Waals surface area (Å²) in [5.74, 6) is -0.883. The average molecular weight is 467 g/mol. The molecular weight excluding hydrogens is 432 g/mol. The molecule has 0 aromatic heterocycles. The molecule has 1 unspecified atom stereocenters. The second-order valence-electron chi connectivity index (χ2n) is 8.58. The molecule has 1 aliphatic rings. The first-order valence-electron chi connectivity index (χ1n) is 12.1. The zero-order valence-corrected chi connectivity index (χ0v) is 20.0. The zero-order valence-electron chi connectivity index (χ0n) is 20.0. The van der Waals surface area contributed by atoms with Crippen LogP contribution in [0.15, 0.2) is 48.5 Å². The molecule has 34 heavy (non-hydrogen) atoms. The van der Waals surface area contributed by atoms with E-state index in [1.165, 1.54) is 11.1 Å². The highest BCUT2D eigenvalue weighted by molar-refractivity contribution is 5.79. The van der Waals surface area contributed by atoms with Crippen LogP contribution >= 0.6 is 0 Å². The van der Waals surface area contributed by atoms with Crippen molar-refractivity contribution in [3.63, 3.8) is 0 Å². The van der Waals surface area contributed by atoms with E-state index in [1.54, 1.807) is 4.90 Å². The SMILES string of the molecule is CCC(CCC(=O)N(CC)CCCC(=O)O)NC(=O)OCC1c2ccccc2-c2ccccc21. The van der Waals surface area contributed by atoms with Crippen LogP contribution in [-0.2, 0) is 14.3 Å². The van der Waals surface area contributed by atoms with Gasteiger partial charge in [0, 0.05) is 37.9 Å². The Hall–Kier alpha value is -3.35. The van der Waals surface area contributed by atoms with Gasteiger partial charge < -0.3 is 20.1 Å². The summed E-state index contributed by atoms with van der Waals surface area (Å²) in [5, 5.41) is 11.7. The molecule has 2 aromatic rings. The van der Waals surface area contributed by atoms with Crippen LogP contribution in [0.5, 0.6) is 0 Å². The number of aliphatic carboxylic acids is 1. The average Bonchev–Trinajstić information content (AvgIpc) is 3.16. The van der Waals surface area contributed by atoms with Gasteiger partial charge in [0.15, 0.2) is 0 Å². The molecule has 3 rings (SSSR count). The number of nitrogens with zero attached hydrogens (tertiary/aromatic N) is 1. The summed E-state index contributed by atoms with van der Waals surface area (Å²) in [6.45, 7) is 5.06. The van der Waals surface area contributed by atoms with Gasteiger partial charge in [0.1, 0.15) is 6.61 Å². The van der Waals surface area contributed by atoms with E-state index in [2.05, 4.69) is 29.6 Å². The van der Waals surface area contributed by atoms with Crippen molar-refractivity contribution in [2.75, 3.05) is 19.7 Å². The van der Waals surface area contributed by atoms with E-state index in [4.69, 9.17) is 9.84 Å². The molecule has 0 saturated carbocycles. The van der Waals surface area contributed by atoms with E-state index >= 15 is 0 Å². The molecule has 0 radical (unpaired) electrons. The highest BCUT2D eigenvalue weighted by Crippen LogP contribution is 2.44. The summed E-state index contributed by atoms with van der Waals surface area (Å²) in [4.78, 5) is 37.4. The minimum Gasteiger partial charge on any atom is -0.481 e. The molecule has 2 aromatic carbocycles. The molecule has 0 heterocycles. The van der Waals surface area contributed by atoms with Crippen LogP contribution in [-0.4, -0.2) is 53.7 Å². The number of rotatable bonds is 12. The number of hydrogen-bond acceptors (Lipinski definition) is 4. The lowest BCUT2D eigenvalue weighted by Gasteiger charge is -2.23. The second kappa shape index (κ2) is 12.2. The van der Waals surface area contributed by atoms with Gasteiger partial charge in [0.25, 0.3) is 0 Å². The maximum Gasteiger partial charge on any atom is 0.407 e. The Morgan fingerprint density at radius 2 is 1.62 bits per heavy atom. The maximum atomic E-state index is 12.5. The van der Waals surface area contributed by atoms with E-state index in [1.807, 2.05) is 38.1 Å². The third-order valence-electron chi connectivity index (χ3n) is 6.42. The molecule has 0 bridgehead atoms. The molecular formula is C27H34N2O5. The quantitative estimate of drug-likeness (QED) is 0.469. The van der Waals surface area contributed by atoms with Crippen LogP contribution in [0.4, 0.5) is 4.79 Å². The molecule has 0 saturated heterocycles. The maximum absolute atomic E-state index is 12.5. The van der Waals surface area contributed by atoms with E-state index < -0.39 is 12.1 Å². The molecule has 2 N–H and O–H groups in total. The van der Waals surface area contributed by atoms with Crippen LogP contribution in [0.25, 0.3) is 11.1 Å². The van der Waals surface area contributed by atoms with Gasteiger partial charge in [-0.1, -0.05) is 55.5 Å². The van der Waals surface area contributed by atoms with Crippen molar-refractivity contribution < 1.29 is 24.2 Å². The fourth-order valence-corrected chi connectivity index (χ4v) is 4.52. The van der Waals surface area contributed by atoms with Crippen LogP contribution in [0.1, 0.15) is 63.0 Å². The number of amides is 2. The molecule has 182 valence electrons. The first-order valence-corrected chi connectivity index (χ1v) is 12.1. The van der Waals surface area contributed by atoms with E-state index in [0.717, 1.165) is 11.1 Å². The Bertz CT molecular complexity index is 961. The van der Waals surface area contributed by atoms with Crippen LogP contribution in [0.3, 0.4) is 0 Å². The van der Waals surface area contributed by atoms with Gasteiger partial charge in [-0.15, -0.1) is 0 Å². The molecule has 1 aliphatic carbocycles. The number of fused-ring (bicyclic) bond motifs is 3. The van der Waals surface area contributed by atoms with Crippen molar-refractivity contribution >= 4 is 18.0 Å². The van der Waals surface area contributed by atoms with E-state index in [9.17, 15) is 14.4 Å². The minimum absolute atomic E-state index is 0.00344. The molecule has 0 aliphatic heterocycles. The van der Waals surface area contributed by atoms with E-state index in [0.29, 0.717) is 38.8 Å². The monoisotopic (exact) mass is 466 g/mol. The van der Waals surface area contributed by atoms with Gasteiger partial charge in [-0.25, -0.2) is 4.79 Å². The Morgan fingerprint density at radius 3 is 2.18 bits per heavy atom. The smallest absolute Gasteiger partial charge is 0.407 e. The van der Waals surface area contributed by atoms with Crippen molar-refractivity contribution in [1.29, 1.82) is 0 Å². The van der Waals surface area contributed by atoms with Gasteiger partial charge in [0.2, 0.25) is 5.91 Å². The van der Waals surface area contributed by atoms with Crippen LogP contribution in [0.2, 0.25) is 0 Å². The number of benzene rings is 2. The number of ether oxygens (including phenoxy) is 1. The lowest BCUT2D eigenvalue weighted by atomic mass is 9.98. The summed E-state index contributed by atoms with van der Waals surface area (Å²) in [5.41, 5.74) is 4.69. The Balaban J connectivity index is 1.49. The number of carboxylic acid groups (broad SMARTS) is 1. The predicted octanol–water partition coefficient (Wildman–Crippen LogP) is 4.80. The summed E-state index contributed by atoms with van der Waals surface area (Å²) >= 11 is 0. The second-order valence-corrected chi connectivity index (χ2v) is 8.58. The number of nitrogens with one attached hydrogen (secondary N) is 1. The topological polar surface area (TPSA) is 95.9 Å². The fraction of sp³-hybridized carbons (Fsp3) is 0.444. The highest BCUT2D eigenvalue weighted by atomic mass is 16.5. The van der Waals surface area contributed by atoms with Crippen molar-refractivity contribution in [3.05, 3.63) is 59.7 Å². The molecule has 7 nitrogen and oxygen atoms in total. The first-order chi connectivity index (χ1) is 16.4. The first kappa shape index (κ1) is 25.3. The minimum atomic E-state index is -0.859. The predicted molar refractivity (Wildman–Crippen MR) is 131 cm³/mol. The van der Waals surface area contributed by atoms with Crippen molar-refractivity contribution in [1.82, 2.24) is 10.2 Å². The molecule has 0 fully saturated rings. The molecule has 1 atom stereocenters. The Kier molecular flexibility index (Phi) is 9.08. The van der Waals surface area contributed by atoms with Crippen LogP contribution < -0.4 is 5.32 Å². The lowest BCUT2D eigenvalue weighted by molar-refractivity contribution is -0.138. The third-order valence-corrected chi connectivity index (χ3v) is 6.42. The standard InChI is InChI=1S/C27H34N2O5/c1-3-19(15-16-25(30)29(4-2)17-9-14-26(31)32)28-27(33)34-18-24-22-12-7-5-10-20(22)21-11-6-8-13-23(21)24/h5-8,10-13,19,24H,3-4,9,14-18H2,1-2H3,(H,28,33)(H,31,32). The van der Waals surface area contributed by atoms with Crippen LogP contribution in [0, 0.1) is 0 Å². The zero-order chi connectivity index (χ0) is 24.5. The Labute approximate surface area is 201 Å². The van der Waals surface area contributed by atoms with Gasteiger partial charge in [-0.05, 0) is 48.4 Å². The van der Waals surface area contributed by atoms with Gasteiger partial charge in [0.05, 0.1) is 0 Å². The molecule has 7 heteroatoms. The Morgan fingerprint density at radius 1 is 1.00 bits per heavy atom. The number of carbonyl (C=O) groups excluding carboxylic acids is 2. The van der Waals surface area contributed by atoms with E-state index in [-0.39, 0.29) is 30.9 Å². The molecule has 2 amide bonds. The number of alkyl carbamates (subject to hydrolysis) is 1. The number of carboxylic acids is 1. The summed E-state index contributed by atoms with van der Waals surface area (Å²) in [7, 11) is 0.